The summed E-state index contributed by atoms with van der Waals surface area (Å²) in [6.45, 7) is 9.30. The van der Waals surface area contributed by atoms with Crippen molar-refractivity contribution >= 4 is 10.0 Å². The van der Waals surface area contributed by atoms with Crippen LogP contribution in [0.15, 0.2) is 25.3 Å². The molecule has 3 nitrogen and oxygen atoms in total. The van der Waals surface area contributed by atoms with Gasteiger partial charge >= 0.3 is 0 Å². The van der Waals surface area contributed by atoms with E-state index in [1.165, 1.54) is 4.31 Å². The Bertz CT molecular complexity index is 234. The third-order valence-corrected chi connectivity index (χ3v) is 3.24. The highest BCUT2D eigenvalue weighted by Gasteiger charge is 2.16. The minimum Gasteiger partial charge on any atom is -0.212 e. The van der Waals surface area contributed by atoms with Crippen LogP contribution < -0.4 is 0 Å². The number of hydrogen-bond acceptors (Lipinski definition) is 2. The Labute approximate surface area is 74.4 Å². The molecule has 0 aromatic carbocycles. The summed E-state index contributed by atoms with van der Waals surface area (Å²) in [6, 6.07) is 0. The zero-order valence-electron chi connectivity index (χ0n) is 7.36. The Hall–Kier alpha value is -0.610. The molecule has 12 heavy (non-hydrogen) atoms. The summed E-state index contributed by atoms with van der Waals surface area (Å²) in [6.07, 6.45) is 3.13. The molecule has 0 fully saturated rings. The maximum Gasteiger partial charge on any atom is 0.214 e. The molecule has 0 unspecified atom stereocenters. The van der Waals surface area contributed by atoms with Gasteiger partial charge in [0.15, 0.2) is 0 Å². The summed E-state index contributed by atoms with van der Waals surface area (Å²) >= 11 is 0. The van der Waals surface area contributed by atoms with E-state index in [1.807, 2.05) is 0 Å². The molecule has 0 aliphatic carbocycles. The first-order chi connectivity index (χ1) is 5.58. The number of hydrogen-bond donors (Lipinski definition) is 0. The van der Waals surface area contributed by atoms with E-state index in [2.05, 4.69) is 13.2 Å². The van der Waals surface area contributed by atoms with Crippen molar-refractivity contribution in [2.45, 2.75) is 6.92 Å². The van der Waals surface area contributed by atoms with Gasteiger partial charge in [-0.25, -0.2) is 8.42 Å². The second kappa shape index (κ2) is 5.11. The highest BCUT2D eigenvalue weighted by atomic mass is 32.2. The van der Waals surface area contributed by atoms with Gasteiger partial charge in [-0.15, -0.1) is 13.2 Å². The van der Waals surface area contributed by atoms with Gasteiger partial charge < -0.3 is 0 Å². The van der Waals surface area contributed by atoms with E-state index in [1.54, 1.807) is 19.1 Å². The van der Waals surface area contributed by atoms with Crippen LogP contribution in [0.3, 0.4) is 0 Å². The topological polar surface area (TPSA) is 37.4 Å². The van der Waals surface area contributed by atoms with E-state index in [0.717, 1.165) is 0 Å². The first kappa shape index (κ1) is 11.4. The average molecular weight is 189 g/mol. The van der Waals surface area contributed by atoms with Gasteiger partial charge in [-0.05, 0) is 6.92 Å². The third kappa shape index (κ3) is 3.19. The molecule has 0 rings (SSSR count). The van der Waals surface area contributed by atoms with Crippen LogP contribution in [-0.2, 0) is 10.0 Å². The van der Waals surface area contributed by atoms with Gasteiger partial charge in [-0.2, -0.15) is 4.31 Å². The molecule has 0 saturated heterocycles. The van der Waals surface area contributed by atoms with Gasteiger partial charge in [-0.1, -0.05) is 12.2 Å². The van der Waals surface area contributed by atoms with Crippen LogP contribution in [0.1, 0.15) is 6.92 Å². The molecule has 0 atom stereocenters. The largest absolute Gasteiger partial charge is 0.214 e. The summed E-state index contributed by atoms with van der Waals surface area (Å²) in [5, 5.41) is 0. The van der Waals surface area contributed by atoms with E-state index in [4.69, 9.17) is 0 Å². The van der Waals surface area contributed by atoms with Crippen LogP contribution in [0.4, 0.5) is 0 Å². The van der Waals surface area contributed by atoms with Gasteiger partial charge in [0.1, 0.15) is 0 Å². The zero-order valence-corrected chi connectivity index (χ0v) is 8.18. The summed E-state index contributed by atoms with van der Waals surface area (Å²) < 4.78 is 24.0. The van der Waals surface area contributed by atoms with Crippen LogP contribution in [-0.4, -0.2) is 31.6 Å². The van der Waals surface area contributed by atoms with Crippen molar-refractivity contribution in [1.29, 1.82) is 0 Å². The normalized spacial score (nSPS) is 11.5. The molecule has 0 saturated carbocycles. The van der Waals surface area contributed by atoms with Crippen LogP contribution in [0, 0.1) is 0 Å². The van der Waals surface area contributed by atoms with Crippen LogP contribution in [0.2, 0.25) is 0 Å². The molecule has 0 radical (unpaired) electrons. The summed E-state index contributed by atoms with van der Waals surface area (Å²) in [5.41, 5.74) is 0. The number of nitrogens with zero attached hydrogens (tertiary/aromatic N) is 1. The Morgan fingerprint density at radius 2 is 1.67 bits per heavy atom. The summed E-state index contributed by atoms with van der Waals surface area (Å²) in [7, 11) is -3.09. The molecule has 4 heteroatoms. The lowest BCUT2D eigenvalue weighted by atomic mass is 10.5. The lowest BCUT2D eigenvalue weighted by Crippen LogP contribution is -2.32. The predicted molar refractivity (Wildman–Crippen MR) is 51.4 cm³/mol. The monoisotopic (exact) mass is 189 g/mol. The van der Waals surface area contributed by atoms with Crippen molar-refractivity contribution in [3.05, 3.63) is 25.3 Å². The minimum atomic E-state index is -3.09. The van der Waals surface area contributed by atoms with E-state index in [0.29, 0.717) is 13.1 Å². The average Bonchev–Trinajstić information content (AvgIpc) is 2.04. The maximum atomic E-state index is 11.3. The molecule has 0 aromatic heterocycles. The van der Waals surface area contributed by atoms with E-state index >= 15 is 0 Å². The molecular weight excluding hydrogens is 174 g/mol. The van der Waals surface area contributed by atoms with E-state index in [-0.39, 0.29) is 5.75 Å². The first-order valence-corrected chi connectivity index (χ1v) is 5.39. The maximum absolute atomic E-state index is 11.3. The van der Waals surface area contributed by atoms with Gasteiger partial charge in [-0.3, -0.25) is 0 Å². The minimum absolute atomic E-state index is 0.120. The highest BCUT2D eigenvalue weighted by molar-refractivity contribution is 7.89. The second-order valence-corrected chi connectivity index (χ2v) is 4.55. The molecule has 0 amide bonds. The van der Waals surface area contributed by atoms with Crippen molar-refractivity contribution in [2.75, 3.05) is 18.8 Å². The Morgan fingerprint density at radius 1 is 1.25 bits per heavy atom. The molecule has 0 N–H and O–H groups in total. The summed E-state index contributed by atoms with van der Waals surface area (Å²) in [5.74, 6) is 0.120. The summed E-state index contributed by atoms with van der Waals surface area (Å²) in [4.78, 5) is 0. The van der Waals surface area contributed by atoms with Crippen LogP contribution in [0.25, 0.3) is 0 Å². The Kier molecular flexibility index (Phi) is 4.85. The fraction of sp³-hybridized carbons (Fsp3) is 0.500. The van der Waals surface area contributed by atoms with Crippen LogP contribution in [0.5, 0.6) is 0 Å². The van der Waals surface area contributed by atoms with Crippen molar-refractivity contribution in [1.82, 2.24) is 4.31 Å². The molecular formula is C8H15NO2S. The van der Waals surface area contributed by atoms with Gasteiger partial charge in [0.25, 0.3) is 0 Å². The highest BCUT2D eigenvalue weighted by Crippen LogP contribution is 2.00. The lowest BCUT2D eigenvalue weighted by molar-refractivity contribution is 0.475. The molecule has 0 heterocycles. The van der Waals surface area contributed by atoms with Crippen molar-refractivity contribution in [2.24, 2.45) is 0 Å². The predicted octanol–water partition coefficient (Wildman–Crippen LogP) is 1.01. The molecule has 0 aromatic rings. The second-order valence-electron chi connectivity index (χ2n) is 2.29. The first-order valence-electron chi connectivity index (χ1n) is 3.78. The number of rotatable bonds is 6. The molecule has 70 valence electrons. The fourth-order valence-electron chi connectivity index (χ4n) is 0.772. The third-order valence-electron chi connectivity index (χ3n) is 1.42. The Morgan fingerprint density at radius 3 is 1.92 bits per heavy atom. The smallest absolute Gasteiger partial charge is 0.212 e. The van der Waals surface area contributed by atoms with Gasteiger partial charge in [0.2, 0.25) is 10.0 Å². The van der Waals surface area contributed by atoms with Crippen molar-refractivity contribution in [3.63, 3.8) is 0 Å². The van der Waals surface area contributed by atoms with E-state index in [9.17, 15) is 8.42 Å². The van der Waals surface area contributed by atoms with Crippen molar-refractivity contribution in [3.8, 4) is 0 Å². The molecule has 0 bridgehead atoms. The van der Waals surface area contributed by atoms with Gasteiger partial charge in [0, 0.05) is 13.1 Å². The molecule has 0 aliphatic heterocycles. The van der Waals surface area contributed by atoms with Crippen LogP contribution >= 0.6 is 0 Å². The van der Waals surface area contributed by atoms with Crippen molar-refractivity contribution < 1.29 is 8.42 Å². The molecule has 0 spiro atoms. The SMILES string of the molecule is C=CCN(CC=C)S(=O)(=O)CC. The standard InChI is InChI=1S/C8H15NO2S/c1-4-7-9(8-5-2)12(10,11)6-3/h4-5H,1-2,6-8H2,3H3. The quantitative estimate of drug-likeness (QED) is 0.585. The Balaban J connectivity index is 4.48. The number of sulfonamides is 1. The lowest BCUT2D eigenvalue weighted by Gasteiger charge is -2.17. The molecule has 0 aliphatic rings. The zero-order chi connectivity index (χ0) is 9.61. The van der Waals surface area contributed by atoms with E-state index < -0.39 is 10.0 Å². The fourth-order valence-corrected chi connectivity index (χ4v) is 1.80. The van der Waals surface area contributed by atoms with Gasteiger partial charge in [0.05, 0.1) is 5.75 Å².